The van der Waals surface area contributed by atoms with Crippen LogP contribution in [0.3, 0.4) is 0 Å². The van der Waals surface area contributed by atoms with Crippen LogP contribution in [-0.2, 0) is 0 Å². The molecule has 2 aliphatic carbocycles. The van der Waals surface area contributed by atoms with Gasteiger partial charge in [0.1, 0.15) is 0 Å². The number of fused-ring (bicyclic) bond motifs is 3. The van der Waals surface area contributed by atoms with Gasteiger partial charge in [-0.15, -0.1) is 0 Å². The van der Waals surface area contributed by atoms with Crippen LogP contribution in [0.1, 0.15) is 47.9 Å². The van der Waals surface area contributed by atoms with Gasteiger partial charge in [0.25, 0.3) is 0 Å². The second-order valence-corrected chi connectivity index (χ2v) is 8.24. The molecule has 0 saturated heterocycles. The largest absolute Gasteiger partial charge is 0.288 e. The average molecular weight is 456 g/mol. The Morgan fingerprint density at radius 2 is 1.00 bits per heavy atom. The molecule has 3 aromatic carbocycles. The van der Waals surface area contributed by atoms with Gasteiger partial charge in [0.15, 0.2) is 23.1 Å². The van der Waals surface area contributed by atoms with E-state index in [0.29, 0.717) is 28.7 Å². The lowest BCUT2D eigenvalue weighted by Crippen LogP contribution is -2.00. The summed E-state index contributed by atoms with van der Waals surface area (Å²) in [5, 5.41) is 1.86. The van der Waals surface area contributed by atoms with E-state index in [4.69, 9.17) is 0 Å². The molecule has 168 valence electrons. The quantitative estimate of drug-likeness (QED) is 0.260. The van der Waals surface area contributed by atoms with Gasteiger partial charge in [0.05, 0.1) is 11.1 Å². The number of ketones is 4. The van der Waals surface area contributed by atoms with Gasteiger partial charge in [-0.3, -0.25) is 19.2 Å². The van der Waals surface area contributed by atoms with Crippen molar-refractivity contribution in [3.05, 3.63) is 143 Å². The number of Topliss-reactive ketones (excluding diaryl/α,β-unsaturated/α-hetero) is 4. The Hall–Kier alpha value is -4.70. The minimum atomic E-state index is -0.254. The molecule has 0 bridgehead atoms. The average Bonchev–Trinajstić information content (AvgIpc) is 3.26. The van der Waals surface area contributed by atoms with E-state index in [-0.39, 0.29) is 34.3 Å². The lowest BCUT2D eigenvalue weighted by molar-refractivity contribution is 0.0973. The molecule has 4 heteroatoms. The van der Waals surface area contributed by atoms with E-state index in [1.54, 1.807) is 78.9 Å². The fraction of sp³-hybridized carbons (Fsp3) is 0.0323. The first-order valence-electron chi connectivity index (χ1n) is 11.3. The SMILES string of the molecule is O=C1C(=CC/C=C/C=C/C=CC=C2C(=O)c3cc4ccccc4cc3C2=O)C(=O)c2ccccc21. The fourth-order valence-electron chi connectivity index (χ4n) is 4.31. The maximum absolute atomic E-state index is 12.7. The van der Waals surface area contributed by atoms with Crippen LogP contribution in [0.4, 0.5) is 0 Å². The molecule has 0 saturated carbocycles. The first-order valence-corrected chi connectivity index (χ1v) is 11.3. The zero-order valence-electron chi connectivity index (χ0n) is 18.7. The molecular formula is C31H20O4. The van der Waals surface area contributed by atoms with Crippen molar-refractivity contribution in [1.82, 2.24) is 0 Å². The van der Waals surface area contributed by atoms with Gasteiger partial charge in [0, 0.05) is 22.3 Å². The number of carbonyl (C=O) groups is 4. The molecule has 0 fully saturated rings. The van der Waals surface area contributed by atoms with Crippen molar-refractivity contribution in [3.8, 4) is 0 Å². The van der Waals surface area contributed by atoms with Crippen molar-refractivity contribution in [3.63, 3.8) is 0 Å². The molecule has 0 spiro atoms. The number of allylic oxidation sites excluding steroid dienone is 10. The Labute approximate surface area is 202 Å². The van der Waals surface area contributed by atoms with Crippen molar-refractivity contribution in [2.24, 2.45) is 0 Å². The zero-order valence-corrected chi connectivity index (χ0v) is 18.7. The van der Waals surface area contributed by atoms with Gasteiger partial charge < -0.3 is 0 Å². The monoisotopic (exact) mass is 456 g/mol. The molecule has 3 aromatic rings. The van der Waals surface area contributed by atoms with Gasteiger partial charge in [-0.25, -0.2) is 0 Å². The van der Waals surface area contributed by atoms with Gasteiger partial charge in [-0.1, -0.05) is 91.1 Å². The molecule has 0 aromatic heterocycles. The van der Waals surface area contributed by atoms with E-state index >= 15 is 0 Å². The third kappa shape index (κ3) is 4.06. The molecule has 0 aliphatic heterocycles. The molecule has 0 amide bonds. The number of benzene rings is 3. The van der Waals surface area contributed by atoms with Crippen molar-refractivity contribution < 1.29 is 19.2 Å². The Bertz CT molecular complexity index is 1480. The van der Waals surface area contributed by atoms with E-state index in [2.05, 4.69) is 0 Å². The Morgan fingerprint density at radius 3 is 1.60 bits per heavy atom. The van der Waals surface area contributed by atoms with Gasteiger partial charge in [-0.2, -0.15) is 0 Å². The maximum Gasteiger partial charge on any atom is 0.197 e. The molecule has 0 N–H and O–H groups in total. The van der Waals surface area contributed by atoms with Crippen LogP contribution in [-0.4, -0.2) is 23.1 Å². The van der Waals surface area contributed by atoms with E-state index in [1.165, 1.54) is 0 Å². The van der Waals surface area contributed by atoms with Crippen LogP contribution in [0.15, 0.2) is 120 Å². The molecule has 0 atom stereocenters. The molecule has 0 heterocycles. The lowest BCUT2D eigenvalue weighted by Gasteiger charge is -2.00. The highest BCUT2D eigenvalue weighted by atomic mass is 16.2. The highest BCUT2D eigenvalue weighted by Gasteiger charge is 2.33. The van der Waals surface area contributed by atoms with Crippen LogP contribution in [0, 0.1) is 0 Å². The predicted octanol–water partition coefficient (Wildman–Crippen LogP) is 6.21. The third-order valence-electron chi connectivity index (χ3n) is 6.07. The molecule has 35 heavy (non-hydrogen) atoms. The Morgan fingerprint density at radius 1 is 0.514 bits per heavy atom. The second kappa shape index (κ2) is 9.27. The number of rotatable bonds is 5. The van der Waals surface area contributed by atoms with Gasteiger partial charge in [0.2, 0.25) is 0 Å². The minimum Gasteiger partial charge on any atom is -0.288 e. The Balaban J connectivity index is 1.20. The Kier molecular flexibility index (Phi) is 5.86. The summed E-state index contributed by atoms with van der Waals surface area (Å²) in [4.78, 5) is 50.1. The van der Waals surface area contributed by atoms with E-state index in [1.807, 2.05) is 30.3 Å². The minimum absolute atomic E-state index is 0.161. The van der Waals surface area contributed by atoms with Crippen LogP contribution < -0.4 is 0 Å². The van der Waals surface area contributed by atoms with Crippen LogP contribution in [0.2, 0.25) is 0 Å². The summed E-state index contributed by atoms with van der Waals surface area (Å²) >= 11 is 0. The summed E-state index contributed by atoms with van der Waals surface area (Å²) < 4.78 is 0. The summed E-state index contributed by atoms with van der Waals surface area (Å²) in [6, 6.07) is 18.1. The summed E-state index contributed by atoms with van der Waals surface area (Å²) in [6.07, 6.45) is 14.2. The maximum atomic E-state index is 12.7. The predicted molar refractivity (Wildman–Crippen MR) is 136 cm³/mol. The van der Waals surface area contributed by atoms with Crippen molar-refractivity contribution in [1.29, 1.82) is 0 Å². The van der Waals surface area contributed by atoms with Crippen LogP contribution in [0.5, 0.6) is 0 Å². The molecule has 0 unspecified atom stereocenters. The zero-order chi connectivity index (χ0) is 24.4. The van der Waals surface area contributed by atoms with E-state index < -0.39 is 0 Å². The van der Waals surface area contributed by atoms with Gasteiger partial charge in [-0.05, 0) is 35.4 Å². The highest BCUT2D eigenvalue weighted by molar-refractivity contribution is 6.40. The molecule has 5 rings (SSSR count). The third-order valence-corrected chi connectivity index (χ3v) is 6.07. The van der Waals surface area contributed by atoms with E-state index in [0.717, 1.165) is 10.8 Å². The summed E-state index contributed by atoms with van der Waals surface area (Å²) in [7, 11) is 0. The lowest BCUT2D eigenvalue weighted by atomic mass is 10.0. The van der Waals surface area contributed by atoms with Crippen LogP contribution >= 0.6 is 0 Å². The number of hydrogen-bond acceptors (Lipinski definition) is 4. The van der Waals surface area contributed by atoms with Crippen molar-refractivity contribution >= 4 is 33.9 Å². The standard InChI is InChI=1S/C31H20O4/c32-28-22-14-10-11-15-23(22)29(33)24(28)16-6-4-2-1-3-5-7-17-25-30(34)26-18-20-12-8-9-13-21(20)19-27(26)31(25)35/h1-5,7-19H,6H2/b3-1+,4-2+,7-5?. The summed E-state index contributed by atoms with van der Waals surface area (Å²) in [5.74, 6) is -0.959. The fourth-order valence-corrected chi connectivity index (χ4v) is 4.31. The smallest absolute Gasteiger partial charge is 0.197 e. The van der Waals surface area contributed by atoms with Gasteiger partial charge >= 0.3 is 0 Å². The number of hydrogen-bond donors (Lipinski definition) is 0. The molecule has 4 nitrogen and oxygen atoms in total. The first kappa shape index (κ1) is 22.1. The molecular weight excluding hydrogens is 436 g/mol. The molecule has 0 radical (unpaired) electrons. The normalized spacial score (nSPS) is 15.3. The van der Waals surface area contributed by atoms with Crippen molar-refractivity contribution in [2.45, 2.75) is 6.42 Å². The highest BCUT2D eigenvalue weighted by Crippen LogP contribution is 2.30. The molecule has 2 aliphatic rings. The van der Waals surface area contributed by atoms with Crippen LogP contribution in [0.25, 0.3) is 10.8 Å². The first-order chi connectivity index (χ1) is 17.1. The topological polar surface area (TPSA) is 68.3 Å². The second-order valence-electron chi connectivity index (χ2n) is 8.24. The summed E-state index contributed by atoms with van der Waals surface area (Å²) in [5.41, 5.74) is 2.19. The summed E-state index contributed by atoms with van der Waals surface area (Å²) in [6.45, 7) is 0. The number of carbonyl (C=O) groups excluding carboxylic acids is 4. The van der Waals surface area contributed by atoms with E-state index in [9.17, 15) is 19.2 Å². The van der Waals surface area contributed by atoms with Crippen molar-refractivity contribution in [2.75, 3.05) is 0 Å².